The second kappa shape index (κ2) is 6.09. The molecule has 8 nitrogen and oxygen atoms in total. The lowest BCUT2D eigenvalue weighted by atomic mass is 10.3. The minimum Gasteiger partial charge on any atom is -0.301 e. The Labute approximate surface area is 121 Å². The number of carbonyl (C=O) groups excluding carboxylic acids is 4. The van der Waals surface area contributed by atoms with E-state index in [1.807, 2.05) is 0 Å². The van der Waals surface area contributed by atoms with Crippen LogP contribution in [0.5, 0.6) is 0 Å². The minimum atomic E-state index is -0.716. The minimum absolute atomic E-state index is 0.0711. The van der Waals surface area contributed by atoms with Crippen molar-refractivity contribution in [1.82, 2.24) is 14.7 Å². The number of imide groups is 1. The molecule has 1 atom stereocenters. The predicted molar refractivity (Wildman–Crippen MR) is 72.5 cm³/mol. The smallest absolute Gasteiger partial charge is 0.286 e. The summed E-state index contributed by atoms with van der Waals surface area (Å²) in [5, 5.41) is 3.69. The molecule has 2 N–H and O–H groups in total. The lowest BCUT2D eigenvalue weighted by Gasteiger charge is -2.03. The molecule has 0 spiro atoms. The molecule has 1 fully saturated rings. The summed E-state index contributed by atoms with van der Waals surface area (Å²) in [4.78, 5) is 48.8. The SMILES string of the molecule is CC(=O)Cc1nsc(NC(=O)C[C@H]2SC(=O)NC2=O)n1. The van der Waals surface area contributed by atoms with Crippen LogP contribution >= 0.6 is 23.3 Å². The highest BCUT2D eigenvalue weighted by Crippen LogP contribution is 2.22. The third-order valence-corrected chi connectivity index (χ3v) is 3.91. The largest absolute Gasteiger partial charge is 0.301 e. The highest BCUT2D eigenvalue weighted by atomic mass is 32.2. The van der Waals surface area contributed by atoms with Crippen LogP contribution in [0.15, 0.2) is 0 Å². The average molecular weight is 314 g/mol. The Bertz CT molecular complexity index is 586. The fraction of sp³-hybridized carbons (Fsp3) is 0.400. The van der Waals surface area contributed by atoms with Gasteiger partial charge in [0.05, 0.1) is 6.42 Å². The molecule has 106 valence electrons. The molecular formula is C10H10N4O4S2. The fourth-order valence-electron chi connectivity index (χ4n) is 1.47. The molecule has 0 unspecified atom stereocenters. The Morgan fingerprint density at radius 3 is 2.75 bits per heavy atom. The zero-order chi connectivity index (χ0) is 14.7. The second-order valence-corrected chi connectivity index (χ2v) is 5.96. The van der Waals surface area contributed by atoms with Gasteiger partial charge in [0.25, 0.3) is 5.24 Å². The number of nitrogens with one attached hydrogen (secondary N) is 2. The van der Waals surface area contributed by atoms with Crippen LogP contribution in [0.3, 0.4) is 0 Å². The van der Waals surface area contributed by atoms with Gasteiger partial charge < -0.3 is 5.32 Å². The first-order valence-corrected chi connectivity index (χ1v) is 7.22. The molecule has 0 radical (unpaired) electrons. The number of ketones is 1. The number of thioether (sulfide) groups is 1. The van der Waals surface area contributed by atoms with E-state index >= 15 is 0 Å². The molecule has 20 heavy (non-hydrogen) atoms. The maximum Gasteiger partial charge on any atom is 0.286 e. The van der Waals surface area contributed by atoms with Gasteiger partial charge in [0.15, 0.2) is 5.82 Å². The van der Waals surface area contributed by atoms with Crippen LogP contribution in [0.2, 0.25) is 0 Å². The zero-order valence-corrected chi connectivity index (χ0v) is 12.0. The topological polar surface area (TPSA) is 118 Å². The van der Waals surface area contributed by atoms with Crippen molar-refractivity contribution >= 4 is 51.3 Å². The number of rotatable bonds is 5. The monoisotopic (exact) mass is 314 g/mol. The molecule has 1 aromatic rings. The van der Waals surface area contributed by atoms with Gasteiger partial charge in [-0.05, 0) is 6.92 Å². The molecule has 1 aromatic heterocycles. The molecule has 1 aliphatic heterocycles. The highest BCUT2D eigenvalue weighted by Gasteiger charge is 2.33. The summed E-state index contributed by atoms with van der Waals surface area (Å²) in [6.07, 6.45) is -0.00832. The molecule has 0 aromatic carbocycles. The van der Waals surface area contributed by atoms with Crippen molar-refractivity contribution in [2.24, 2.45) is 0 Å². The van der Waals surface area contributed by atoms with E-state index in [9.17, 15) is 19.2 Å². The Kier molecular flexibility index (Phi) is 4.45. The van der Waals surface area contributed by atoms with Crippen LogP contribution in [-0.4, -0.2) is 37.4 Å². The normalized spacial score (nSPS) is 17.9. The van der Waals surface area contributed by atoms with E-state index in [0.717, 1.165) is 23.3 Å². The van der Waals surface area contributed by atoms with Gasteiger partial charge in [-0.2, -0.15) is 4.37 Å². The van der Waals surface area contributed by atoms with Crippen molar-refractivity contribution in [3.05, 3.63) is 5.82 Å². The molecule has 0 aliphatic carbocycles. The van der Waals surface area contributed by atoms with Crippen molar-refractivity contribution in [3.8, 4) is 0 Å². The van der Waals surface area contributed by atoms with Gasteiger partial charge in [-0.25, -0.2) is 4.98 Å². The standard InChI is InChI=1S/C10H10N4O4S2/c1-4(15)2-6-11-9(20-14-6)12-7(16)3-5-8(17)13-10(18)19-5/h5H,2-3H2,1H3,(H,13,17,18)(H,11,12,14,16)/t5-/m1/s1. The molecule has 1 aliphatic rings. The third kappa shape index (κ3) is 3.84. The average Bonchev–Trinajstić information content (AvgIpc) is 2.85. The number of anilines is 1. The quantitative estimate of drug-likeness (QED) is 0.805. The first-order chi connectivity index (χ1) is 9.44. The highest BCUT2D eigenvalue weighted by molar-refractivity contribution is 8.15. The Morgan fingerprint density at radius 2 is 2.15 bits per heavy atom. The van der Waals surface area contributed by atoms with E-state index in [0.29, 0.717) is 5.82 Å². The maximum atomic E-state index is 11.7. The van der Waals surface area contributed by atoms with Gasteiger partial charge in [0, 0.05) is 18.0 Å². The predicted octanol–water partition coefficient (Wildman–Crippen LogP) is 0.350. The molecule has 10 heteroatoms. The van der Waals surface area contributed by atoms with E-state index in [-0.39, 0.29) is 23.8 Å². The summed E-state index contributed by atoms with van der Waals surface area (Å²) in [6, 6.07) is 0. The second-order valence-electron chi connectivity index (χ2n) is 4.03. The number of nitrogens with zero attached hydrogens (tertiary/aromatic N) is 2. The van der Waals surface area contributed by atoms with Crippen LogP contribution in [0.1, 0.15) is 19.2 Å². The molecule has 0 saturated carbocycles. The van der Waals surface area contributed by atoms with E-state index in [1.54, 1.807) is 0 Å². The summed E-state index contributed by atoms with van der Waals surface area (Å²) in [7, 11) is 0. The third-order valence-electron chi connectivity index (χ3n) is 2.26. The van der Waals surface area contributed by atoms with Crippen LogP contribution < -0.4 is 10.6 Å². The number of Topliss-reactive ketones (excluding diaryl/α,β-unsaturated/α-hetero) is 1. The summed E-state index contributed by atoms with van der Waals surface area (Å²) in [5.74, 6) is -0.623. The lowest BCUT2D eigenvalue weighted by molar-refractivity contribution is -0.122. The Hall–Kier alpha value is -1.81. The van der Waals surface area contributed by atoms with Crippen LogP contribution in [0.4, 0.5) is 9.93 Å². The van der Waals surface area contributed by atoms with Crippen LogP contribution in [0.25, 0.3) is 0 Å². The van der Waals surface area contributed by atoms with Gasteiger partial charge in [0.2, 0.25) is 16.9 Å². The van der Waals surface area contributed by atoms with Gasteiger partial charge in [-0.3, -0.25) is 24.5 Å². The van der Waals surface area contributed by atoms with Gasteiger partial charge in [-0.15, -0.1) is 0 Å². The molecular weight excluding hydrogens is 304 g/mol. The Balaban J connectivity index is 1.88. The van der Waals surface area contributed by atoms with Gasteiger partial charge >= 0.3 is 0 Å². The van der Waals surface area contributed by atoms with Crippen molar-refractivity contribution in [1.29, 1.82) is 0 Å². The van der Waals surface area contributed by atoms with E-state index in [1.165, 1.54) is 6.92 Å². The van der Waals surface area contributed by atoms with Gasteiger partial charge in [-0.1, -0.05) is 11.8 Å². The molecule has 0 bridgehead atoms. The Morgan fingerprint density at radius 1 is 1.40 bits per heavy atom. The van der Waals surface area contributed by atoms with E-state index < -0.39 is 22.3 Å². The van der Waals surface area contributed by atoms with E-state index in [4.69, 9.17) is 0 Å². The fourth-order valence-corrected chi connectivity index (χ4v) is 2.89. The first-order valence-electron chi connectivity index (χ1n) is 5.57. The van der Waals surface area contributed by atoms with Crippen LogP contribution in [-0.2, 0) is 20.8 Å². The van der Waals surface area contributed by atoms with E-state index in [2.05, 4.69) is 20.0 Å². The van der Waals surface area contributed by atoms with Crippen molar-refractivity contribution in [3.63, 3.8) is 0 Å². The number of aromatic nitrogens is 2. The maximum absolute atomic E-state index is 11.7. The summed E-state index contributed by atoms with van der Waals surface area (Å²) < 4.78 is 3.92. The van der Waals surface area contributed by atoms with Crippen molar-refractivity contribution in [2.45, 2.75) is 25.0 Å². The van der Waals surface area contributed by atoms with Crippen molar-refractivity contribution in [2.75, 3.05) is 5.32 Å². The lowest BCUT2D eigenvalue weighted by Crippen LogP contribution is -2.27. The molecule has 2 heterocycles. The van der Waals surface area contributed by atoms with Crippen molar-refractivity contribution < 1.29 is 19.2 Å². The number of amides is 3. The number of carbonyl (C=O) groups is 4. The first kappa shape index (κ1) is 14.6. The molecule has 2 rings (SSSR count). The van der Waals surface area contributed by atoms with Crippen LogP contribution in [0, 0.1) is 0 Å². The number of hydrogen-bond acceptors (Lipinski definition) is 8. The summed E-state index contributed by atoms with van der Waals surface area (Å²) >= 11 is 1.75. The summed E-state index contributed by atoms with van der Waals surface area (Å²) in [6.45, 7) is 1.42. The molecule has 3 amide bonds. The number of hydrogen-bond donors (Lipinski definition) is 2. The zero-order valence-electron chi connectivity index (χ0n) is 10.3. The molecule has 1 saturated heterocycles. The summed E-state index contributed by atoms with van der Waals surface area (Å²) in [5.41, 5.74) is 0. The van der Waals surface area contributed by atoms with Gasteiger partial charge in [0.1, 0.15) is 11.0 Å².